The minimum absolute atomic E-state index is 0.132. The lowest BCUT2D eigenvalue weighted by atomic mass is 9.74. The minimum Gasteiger partial charge on any atom is -0.458 e. The van der Waals surface area contributed by atoms with E-state index in [2.05, 4.69) is 13.0 Å². The van der Waals surface area contributed by atoms with Gasteiger partial charge in [0.1, 0.15) is 17.5 Å². The molecule has 0 aromatic rings. The van der Waals surface area contributed by atoms with Gasteiger partial charge in [-0.3, -0.25) is 14.4 Å². The Balaban J connectivity index is 2.02. The van der Waals surface area contributed by atoms with Crippen molar-refractivity contribution < 1.29 is 58.9 Å². The first-order valence-corrected chi connectivity index (χ1v) is 21.1. The zero-order valence-corrected chi connectivity index (χ0v) is 36.0. The molecule has 2 bridgehead atoms. The molecule has 3 rings (SSSR count). The lowest BCUT2D eigenvalue weighted by Crippen LogP contribution is -2.66. The van der Waals surface area contributed by atoms with Crippen LogP contribution in [0.1, 0.15) is 115 Å². The third-order valence-corrected chi connectivity index (χ3v) is 13.2. The first kappa shape index (κ1) is 48.8. The molecule has 12 heteroatoms. The highest BCUT2D eigenvalue weighted by Crippen LogP contribution is 2.47. The van der Waals surface area contributed by atoms with Crippen molar-refractivity contribution in [1.29, 1.82) is 0 Å². The number of aliphatic hydroxyl groups is 5. The molecule has 324 valence electrons. The van der Waals surface area contributed by atoms with Crippen LogP contribution in [0.15, 0.2) is 36.5 Å². The molecule has 0 aliphatic carbocycles. The summed E-state index contributed by atoms with van der Waals surface area (Å²) < 4.78 is 19.4. The summed E-state index contributed by atoms with van der Waals surface area (Å²) in [5.74, 6) is -9.55. The standard InChI is InChI=1S/C45H72O12/c1-12-33-17-15-13-14-16-25(3)42(52)44(11,54)43(53)31(9)40(51)30(8)39(50)29(7)38(49)24(2)18-21-37(48)55-41-28(6)34(20-19-33)56-45(32(41)10)36(47)22-26(4)35(57-45)23-27(5)46/h13-15,17-18,21,24-35,38,40-42,46,49,51-52,54H,12,16,19-20,22-23H2,1-11H3/b14-13+,17-15+,21-18+/t24-,25+,26-,27+,28+,29-,30-,31-,32+,33-,34-,35-,38+,40+,41-,42-,44+,45+/m0/s1. The molecule has 0 radical (unpaired) electrons. The number of ether oxygens (including phenoxy) is 3. The second-order valence-corrected chi connectivity index (χ2v) is 17.9. The van der Waals surface area contributed by atoms with E-state index in [-0.39, 0.29) is 30.0 Å². The fourth-order valence-corrected chi connectivity index (χ4v) is 8.91. The normalized spacial score (nSPS) is 46.2. The van der Waals surface area contributed by atoms with Crippen molar-refractivity contribution in [3.8, 4) is 0 Å². The summed E-state index contributed by atoms with van der Waals surface area (Å²) in [6, 6.07) is 0. The molecule has 0 saturated carbocycles. The van der Waals surface area contributed by atoms with Crippen molar-refractivity contribution in [3.05, 3.63) is 36.5 Å². The summed E-state index contributed by atoms with van der Waals surface area (Å²) in [6.45, 7) is 18.3. The average Bonchev–Trinajstić information content (AvgIpc) is 3.16. The Morgan fingerprint density at radius 2 is 1.47 bits per heavy atom. The molecular formula is C45H72O12. The third kappa shape index (κ3) is 11.4. The van der Waals surface area contributed by atoms with Gasteiger partial charge in [-0.15, -0.1) is 0 Å². The Hall–Kier alpha value is -2.58. The predicted octanol–water partition coefficient (Wildman–Crippen LogP) is 5.06. The van der Waals surface area contributed by atoms with Crippen molar-refractivity contribution in [2.24, 2.45) is 53.3 Å². The number of carbonyl (C=O) groups is 4. The molecule has 0 unspecified atom stereocenters. The van der Waals surface area contributed by atoms with Crippen LogP contribution in [0.3, 0.4) is 0 Å². The van der Waals surface area contributed by atoms with Gasteiger partial charge >= 0.3 is 5.97 Å². The monoisotopic (exact) mass is 805 g/mol. The van der Waals surface area contributed by atoms with Gasteiger partial charge in [-0.25, -0.2) is 4.79 Å². The van der Waals surface area contributed by atoms with Crippen molar-refractivity contribution >= 4 is 23.3 Å². The average molecular weight is 805 g/mol. The molecule has 2 saturated heterocycles. The molecule has 5 N–H and O–H groups in total. The van der Waals surface area contributed by atoms with Gasteiger partial charge in [0, 0.05) is 42.1 Å². The first-order chi connectivity index (χ1) is 26.5. The Kier molecular flexibility index (Phi) is 17.6. The van der Waals surface area contributed by atoms with Gasteiger partial charge in [0.15, 0.2) is 11.6 Å². The SMILES string of the molecule is CC[C@H]1/C=C/C=C/C[C@@H](C)[C@H](O)[C@@](C)(O)C(=O)[C@@H](C)[C@H](O)[C@@H](C)C(=O)[C@@H](C)[C@H](O)[C@@H](C)/C=C/C(=O)O[C@H]2[C@H](C)[C@H](CC1)O[C@@]1(O[C@@H](C[C@@H](C)O)[C@@H](C)CC1=O)[C@@H]2C. The van der Waals surface area contributed by atoms with E-state index >= 15 is 0 Å². The van der Waals surface area contributed by atoms with Gasteiger partial charge in [0.2, 0.25) is 5.79 Å². The fraction of sp³-hybridized carbons (Fsp3) is 0.778. The number of fused-ring (bicyclic) bond motifs is 2. The topological polar surface area (TPSA) is 197 Å². The molecule has 57 heavy (non-hydrogen) atoms. The number of allylic oxidation sites excluding steroid dienone is 4. The Morgan fingerprint density at radius 3 is 2.09 bits per heavy atom. The maximum atomic E-state index is 14.0. The first-order valence-electron chi connectivity index (χ1n) is 21.1. The zero-order chi connectivity index (χ0) is 43.2. The number of Topliss-reactive ketones (excluding diaryl/α,β-unsaturated/α-hetero) is 3. The molecule has 0 amide bonds. The summed E-state index contributed by atoms with van der Waals surface area (Å²) >= 11 is 0. The number of aliphatic hydroxyl groups excluding tert-OH is 4. The number of rotatable bonds is 3. The van der Waals surface area contributed by atoms with E-state index in [9.17, 15) is 44.7 Å². The van der Waals surface area contributed by atoms with Gasteiger partial charge in [0.25, 0.3) is 0 Å². The maximum Gasteiger partial charge on any atom is 0.330 e. The van der Waals surface area contributed by atoms with Gasteiger partial charge in [-0.2, -0.15) is 0 Å². The summed E-state index contributed by atoms with van der Waals surface area (Å²) in [6.07, 6.45) is 6.53. The summed E-state index contributed by atoms with van der Waals surface area (Å²) in [5, 5.41) is 55.0. The highest BCUT2D eigenvalue weighted by atomic mass is 16.7. The van der Waals surface area contributed by atoms with Crippen LogP contribution in [0.2, 0.25) is 0 Å². The summed E-state index contributed by atoms with van der Waals surface area (Å²) in [7, 11) is 0. The Bertz CT molecular complexity index is 1470. The van der Waals surface area contributed by atoms with Crippen LogP contribution < -0.4 is 0 Å². The van der Waals surface area contributed by atoms with E-state index in [0.717, 1.165) is 6.42 Å². The van der Waals surface area contributed by atoms with Crippen molar-refractivity contribution in [1.82, 2.24) is 0 Å². The Labute approximate surface area is 340 Å². The van der Waals surface area contributed by atoms with Crippen LogP contribution in [0.25, 0.3) is 0 Å². The summed E-state index contributed by atoms with van der Waals surface area (Å²) in [4.78, 5) is 54.5. The third-order valence-electron chi connectivity index (χ3n) is 13.2. The lowest BCUT2D eigenvalue weighted by Gasteiger charge is -2.54. The van der Waals surface area contributed by atoms with Crippen molar-refractivity contribution in [2.75, 3.05) is 0 Å². The molecule has 0 aromatic carbocycles. The maximum absolute atomic E-state index is 14.0. The second-order valence-electron chi connectivity index (χ2n) is 17.9. The number of ketones is 3. The number of hydrogen-bond acceptors (Lipinski definition) is 12. The predicted molar refractivity (Wildman–Crippen MR) is 215 cm³/mol. The number of hydrogen-bond donors (Lipinski definition) is 5. The van der Waals surface area contributed by atoms with E-state index in [1.54, 1.807) is 27.7 Å². The molecule has 3 heterocycles. The minimum atomic E-state index is -2.21. The highest BCUT2D eigenvalue weighted by molar-refractivity contribution is 5.91. The fourth-order valence-electron chi connectivity index (χ4n) is 8.91. The summed E-state index contributed by atoms with van der Waals surface area (Å²) in [5.41, 5.74) is -2.21. The lowest BCUT2D eigenvalue weighted by molar-refractivity contribution is -0.344. The van der Waals surface area contributed by atoms with Crippen LogP contribution in [-0.4, -0.2) is 103 Å². The quantitative estimate of drug-likeness (QED) is 0.238. The molecule has 1 spiro atoms. The van der Waals surface area contributed by atoms with E-state index in [1.807, 2.05) is 32.1 Å². The van der Waals surface area contributed by atoms with E-state index in [1.165, 1.54) is 39.8 Å². The molecule has 3 aliphatic rings. The molecule has 3 aliphatic heterocycles. The molecule has 0 aromatic heterocycles. The van der Waals surface area contributed by atoms with Crippen molar-refractivity contribution in [2.45, 2.75) is 169 Å². The molecule has 12 nitrogen and oxygen atoms in total. The van der Waals surface area contributed by atoms with Crippen LogP contribution in [-0.2, 0) is 33.4 Å². The van der Waals surface area contributed by atoms with E-state index < -0.39 is 107 Å². The second kappa shape index (κ2) is 20.6. The Morgan fingerprint density at radius 1 is 0.842 bits per heavy atom. The largest absolute Gasteiger partial charge is 0.458 e. The van der Waals surface area contributed by atoms with E-state index in [4.69, 9.17) is 14.2 Å². The molecule has 2 fully saturated rings. The van der Waals surface area contributed by atoms with Gasteiger partial charge in [-0.1, -0.05) is 92.7 Å². The van der Waals surface area contributed by atoms with Crippen LogP contribution in [0.5, 0.6) is 0 Å². The smallest absolute Gasteiger partial charge is 0.330 e. The van der Waals surface area contributed by atoms with E-state index in [0.29, 0.717) is 25.7 Å². The number of carbonyl (C=O) groups excluding carboxylic acids is 4. The molecular weight excluding hydrogens is 732 g/mol. The van der Waals surface area contributed by atoms with Crippen molar-refractivity contribution in [3.63, 3.8) is 0 Å². The van der Waals surface area contributed by atoms with Crippen LogP contribution >= 0.6 is 0 Å². The van der Waals surface area contributed by atoms with Gasteiger partial charge < -0.3 is 39.7 Å². The van der Waals surface area contributed by atoms with Gasteiger partial charge in [0.05, 0.1) is 42.5 Å². The zero-order valence-electron chi connectivity index (χ0n) is 36.0. The van der Waals surface area contributed by atoms with Crippen LogP contribution in [0, 0.1) is 53.3 Å². The van der Waals surface area contributed by atoms with Crippen LogP contribution in [0.4, 0.5) is 0 Å². The van der Waals surface area contributed by atoms with Gasteiger partial charge in [-0.05, 0) is 63.7 Å². The highest BCUT2D eigenvalue weighted by Gasteiger charge is 2.61. The number of esters is 1. The molecule has 18 atom stereocenters.